The second-order valence-corrected chi connectivity index (χ2v) is 7.56. The number of halogens is 1. The Morgan fingerprint density at radius 2 is 1.91 bits per heavy atom. The first-order valence-electron chi connectivity index (χ1n) is 11.0. The molecule has 0 atom stereocenters. The van der Waals surface area contributed by atoms with Crippen LogP contribution in [-0.2, 0) is 17.9 Å². The molecule has 0 saturated heterocycles. The lowest BCUT2D eigenvalue weighted by Gasteiger charge is -2.13. The van der Waals surface area contributed by atoms with Gasteiger partial charge in [-0.15, -0.1) is 0 Å². The van der Waals surface area contributed by atoms with Crippen molar-refractivity contribution in [3.8, 4) is 29.1 Å². The monoisotopic (exact) mass is 474 g/mol. The maximum Gasteiger partial charge on any atom is 0.262 e. The van der Waals surface area contributed by atoms with Crippen molar-refractivity contribution in [2.45, 2.75) is 20.1 Å². The molecule has 0 spiro atoms. The molecule has 0 fully saturated rings. The van der Waals surface area contributed by atoms with E-state index in [1.54, 1.807) is 48.5 Å². The maximum absolute atomic E-state index is 13.9. The average molecular weight is 474 g/mol. The van der Waals surface area contributed by atoms with Crippen molar-refractivity contribution in [3.63, 3.8) is 0 Å². The molecule has 0 aliphatic carbocycles. The summed E-state index contributed by atoms with van der Waals surface area (Å²) in [7, 11) is 0. The van der Waals surface area contributed by atoms with Gasteiger partial charge in [-0.1, -0.05) is 30.3 Å². The van der Waals surface area contributed by atoms with Gasteiger partial charge in [-0.2, -0.15) is 5.26 Å². The van der Waals surface area contributed by atoms with Crippen LogP contribution >= 0.6 is 0 Å². The number of carbonyl (C=O) groups is 1. The highest BCUT2D eigenvalue weighted by Crippen LogP contribution is 2.33. The molecule has 7 nitrogen and oxygen atoms in total. The number of benzene rings is 3. The molecule has 4 rings (SSSR count). The van der Waals surface area contributed by atoms with Gasteiger partial charge in [0.15, 0.2) is 23.0 Å². The van der Waals surface area contributed by atoms with Gasteiger partial charge in [0.2, 0.25) is 6.79 Å². The van der Waals surface area contributed by atoms with Crippen molar-refractivity contribution in [1.29, 1.82) is 5.26 Å². The second-order valence-electron chi connectivity index (χ2n) is 7.56. The van der Waals surface area contributed by atoms with Gasteiger partial charge in [-0.3, -0.25) is 4.79 Å². The summed E-state index contributed by atoms with van der Waals surface area (Å²) in [4.78, 5) is 12.6. The highest BCUT2D eigenvalue weighted by atomic mass is 19.1. The van der Waals surface area contributed by atoms with Crippen molar-refractivity contribution < 1.29 is 28.1 Å². The number of hydrogen-bond donors (Lipinski definition) is 1. The van der Waals surface area contributed by atoms with E-state index in [-0.39, 0.29) is 31.3 Å². The van der Waals surface area contributed by atoms with E-state index in [4.69, 9.17) is 18.9 Å². The summed E-state index contributed by atoms with van der Waals surface area (Å²) in [6.45, 7) is 2.64. The fourth-order valence-corrected chi connectivity index (χ4v) is 3.42. The normalized spacial score (nSPS) is 12.1. The van der Waals surface area contributed by atoms with E-state index in [0.29, 0.717) is 40.7 Å². The number of nitrogens with one attached hydrogen (secondary N) is 1. The third kappa shape index (κ3) is 5.89. The Morgan fingerprint density at radius 3 is 2.71 bits per heavy atom. The minimum absolute atomic E-state index is 0.0354. The number of hydrogen-bond acceptors (Lipinski definition) is 6. The summed E-state index contributed by atoms with van der Waals surface area (Å²) in [6, 6.07) is 18.7. The molecule has 178 valence electrons. The van der Waals surface area contributed by atoms with Gasteiger partial charge in [-0.25, -0.2) is 4.39 Å². The van der Waals surface area contributed by atoms with Crippen LogP contribution in [0.25, 0.3) is 6.08 Å². The van der Waals surface area contributed by atoms with Gasteiger partial charge in [0.05, 0.1) is 6.61 Å². The van der Waals surface area contributed by atoms with Crippen molar-refractivity contribution in [2.24, 2.45) is 0 Å². The van der Waals surface area contributed by atoms with E-state index in [2.05, 4.69) is 5.32 Å². The lowest BCUT2D eigenvalue weighted by molar-refractivity contribution is -0.117. The molecule has 0 aromatic heterocycles. The van der Waals surface area contributed by atoms with E-state index in [9.17, 15) is 14.4 Å². The zero-order chi connectivity index (χ0) is 24.6. The van der Waals surface area contributed by atoms with Gasteiger partial charge < -0.3 is 24.3 Å². The number of ether oxygens (including phenoxy) is 4. The molecule has 3 aromatic rings. The molecule has 8 heteroatoms. The van der Waals surface area contributed by atoms with Crippen LogP contribution in [0.4, 0.5) is 4.39 Å². The van der Waals surface area contributed by atoms with Gasteiger partial charge in [0.1, 0.15) is 24.1 Å². The van der Waals surface area contributed by atoms with E-state index < -0.39 is 5.91 Å². The minimum Gasteiger partial charge on any atom is -0.490 e. The van der Waals surface area contributed by atoms with Crippen molar-refractivity contribution in [3.05, 3.63) is 88.7 Å². The number of fused-ring (bicyclic) bond motifs is 1. The second kappa shape index (κ2) is 11.1. The molecule has 0 radical (unpaired) electrons. The Hall–Kier alpha value is -4.51. The Labute approximate surface area is 202 Å². The number of amides is 1. The summed E-state index contributed by atoms with van der Waals surface area (Å²) in [5.74, 6) is 1.27. The van der Waals surface area contributed by atoms with Crippen LogP contribution in [0, 0.1) is 17.1 Å². The molecule has 35 heavy (non-hydrogen) atoms. The number of rotatable bonds is 9. The molecule has 1 amide bonds. The smallest absolute Gasteiger partial charge is 0.262 e. The fraction of sp³-hybridized carbons (Fsp3) is 0.185. The highest BCUT2D eigenvalue weighted by Gasteiger charge is 2.15. The third-order valence-electron chi connectivity index (χ3n) is 5.17. The predicted molar refractivity (Wildman–Crippen MR) is 126 cm³/mol. The SMILES string of the molecule is CCOc1cc(/C=C(/C#N)C(=O)NCc2ccc3c(c2)OCO3)ccc1OCc1ccccc1F. The van der Waals surface area contributed by atoms with Crippen LogP contribution < -0.4 is 24.3 Å². The quantitative estimate of drug-likeness (QED) is 0.355. The zero-order valence-corrected chi connectivity index (χ0v) is 19.0. The van der Waals surface area contributed by atoms with Crippen LogP contribution in [0.2, 0.25) is 0 Å². The van der Waals surface area contributed by atoms with Gasteiger partial charge in [0, 0.05) is 12.1 Å². The van der Waals surface area contributed by atoms with Gasteiger partial charge >= 0.3 is 0 Å². The zero-order valence-electron chi connectivity index (χ0n) is 19.0. The largest absolute Gasteiger partial charge is 0.490 e. The first-order valence-corrected chi connectivity index (χ1v) is 11.0. The maximum atomic E-state index is 13.9. The molecular formula is C27H23FN2O5. The van der Waals surface area contributed by atoms with Crippen LogP contribution in [0.3, 0.4) is 0 Å². The fourth-order valence-electron chi connectivity index (χ4n) is 3.42. The molecule has 1 N–H and O–H groups in total. The molecule has 0 bridgehead atoms. The molecule has 0 saturated carbocycles. The van der Waals surface area contributed by atoms with Crippen molar-refractivity contribution >= 4 is 12.0 Å². The highest BCUT2D eigenvalue weighted by molar-refractivity contribution is 6.01. The molecule has 1 aliphatic heterocycles. The summed E-state index contributed by atoms with van der Waals surface area (Å²) in [6.07, 6.45) is 1.47. The Bertz CT molecular complexity index is 1300. The lowest BCUT2D eigenvalue weighted by atomic mass is 10.1. The first-order chi connectivity index (χ1) is 17.1. The lowest BCUT2D eigenvalue weighted by Crippen LogP contribution is -2.23. The summed E-state index contributed by atoms with van der Waals surface area (Å²) >= 11 is 0. The van der Waals surface area contributed by atoms with Crippen LogP contribution in [0.15, 0.2) is 66.2 Å². The minimum atomic E-state index is -0.511. The summed E-state index contributed by atoms with van der Waals surface area (Å²) in [5.41, 5.74) is 1.76. The number of nitrogens with zero attached hydrogens (tertiary/aromatic N) is 1. The number of nitriles is 1. The average Bonchev–Trinajstić information content (AvgIpc) is 3.34. The Kier molecular flexibility index (Phi) is 7.48. The van der Waals surface area contributed by atoms with Crippen molar-refractivity contribution in [1.82, 2.24) is 5.32 Å². The molecule has 1 aliphatic rings. The van der Waals surface area contributed by atoms with Gasteiger partial charge in [0.25, 0.3) is 5.91 Å². The first kappa shape index (κ1) is 23.6. The van der Waals surface area contributed by atoms with E-state index in [1.807, 2.05) is 19.1 Å². The summed E-state index contributed by atoms with van der Waals surface area (Å²) in [5, 5.41) is 12.3. The van der Waals surface area contributed by atoms with E-state index >= 15 is 0 Å². The molecule has 1 heterocycles. The van der Waals surface area contributed by atoms with Crippen LogP contribution in [-0.4, -0.2) is 19.3 Å². The van der Waals surface area contributed by atoms with E-state index in [1.165, 1.54) is 12.1 Å². The third-order valence-corrected chi connectivity index (χ3v) is 5.17. The van der Waals surface area contributed by atoms with E-state index in [0.717, 1.165) is 5.56 Å². The molecule has 3 aromatic carbocycles. The van der Waals surface area contributed by atoms with Crippen molar-refractivity contribution in [2.75, 3.05) is 13.4 Å². The van der Waals surface area contributed by atoms with Crippen LogP contribution in [0.5, 0.6) is 23.0 Å². The Balaban J connectivity index is 1.45. The Morgan fingerprint density at radius 1 is 1.09 bits per heavy atom. The predicted octanol–water partition coefficient (Wildman–Crippen LogP) is 4.76. The van der Waals surface area contributed by atoms with Crippen LogP contribution in [0.1, 0.15) is 23.6 Å². The standard InChI is InChI=1S/C27H23FN2O5/c1-2-32-25-12-18(7-9-23(25)33-16-20-5-3-4-6-22(20)28)11-21(14-29)27(31)30-15-19-8-10-24-26(13-19)35-17-34-24/h3-13H,2,15-17H2,1H3,(H,30,31)/b21-11-. The summed E-state index contributed by atoms with van der Waals surface area (Å²) < 4.78 is 35.9. The topological polar surface area (TPSA) is 89.8 Å². The van der Waals surface area contributed by atoms with Gasteiger partial charge in [-0.05, 0) is 54.5 Å². The molecule has 0 unspecified atom stereocenters. The molecular weight excluding hydrogens is 451 g/mol. The number of carbonyl (C=O) groups excluding carboxylic acids is 1.